The molecule has 5 heteroatoms. The van der Waals surface area contributed by atoms with Gasteiger partial charge >= 0.3 is 0 Å². The van der Waals surface area contributed by atoms with Crippen LogP contribution in [0.1, 0.15) is 22.5 Å². The molecule has 0 aliphatic heterocycles. The summed E-state index contributed by atoms with van der Waals surface area (Å²) in [6, 6.07) is 5.53. The number of rotatable bonds is 4. The molecule has 1 heterocycles. The number of aryl methyl sites for hydroxylation is 1. The first-order valence-electron chi connectivity index (χ1n) is 6.20. The van der Waals surface area contributed by atoms with Crippen LogP contribution >= 0.6 is 23.2 Å². The van der Waals surface area contributed by atoms with Gasteiger partial charge in [0.15, 0.2) is 0 Å². The standard InChI is InChI=1S/C14H17Cl2N3/c1-9-11(6-7-17)10(2)19(18-9)8-12-13(15)4-3-5-14(12)16/h3-5H,6-8,17H2,1-2H3. The van der Waals surface area contributed by atoms with Gasteiger partial charge in [0.25, 0.3) is 0 Å². The minimum absolute atomic E-state index is 0.579. The zero-order chi connectivity index (χ0) is 14.0. The Balaban J connectivity index is 2.36. The van der Waals surface area contributed by atoms with Gasteiger partial charge in [0, 0.05) is 21.3 Å². The first kappa shape index (κ1) is 14.4. The molecule has 1 aromatic heterocycles. The van der Waals surface area contributed by atoms with Gasteiger partial charge in [0.1, 0.15) is 0 Å². The van der Waals surface area contributed by atoms with E-state index >= 15 is 0 Å². The molecule has 0 bridgehead atoms. The second kappa shape index (κ2) is 5.95. The third-order valence-corrected chi connectivity index (χ3v) is 4.00. The average Bonchev–Trinajstić information content (AvgIpc) is 2.62. The Morgan fingerprint density at radius 3 is 2.37 bits per heavy atom. The Morgan fingerprint density at radius 1 is 1.16 bits per heavy atom. The molecule has 2 rings (SSSR count). The van der Waals surface area contributed by atoms with E-state index in [9.17, 15) is 0 Å². The molecule has 0 unspecified atom stereocenters. The van der Waals surface area contributed by atoms with E-state index in [1.807, 2.05) is 29.8 Å². The Bertz CT molecular complexity index is 570. The van der Waals surface area contributed by atoms with Gasteiger partial charge in [-0.05, 0) is 44.5 Å². The molecule has 0 aliphatic rings. The summed E-state index contributed by atoms with van der Waals surface area (Å²) in [6.07, 6.45) is 0.841. The second-order valence-corrected chi connectivity index (χ2v) is 5.36. The fraction of sp³-hybridized carbons (Fsp3) is 0.357. The number of hydrogen-bond acceptors (Lipinski definition) is 2. The normalized spacial score (nSPS) is 11.0. The first-order chi connectivity index (χ1) is 9.04. The number of halogens is 2. The van der Waals surface area contributed by atoms with Crippen molar-refractivity contribution >= 4 is 23.2 Å². The summed E-state index contributed by atoms with van der Waals surface area (Å²) in [4.78, 5) is 0. The van der Waals surface area contributed by atoms with Gasteiger partial charge in [-0.15, -0.1) is 0 Å². The summed E-state index contributed by atoms with van der Waals surface area (Å²) in [5.74, 6) is 0. The van der Waals surface area contributed by atoms with E-state index in [4.69, 9.17) is 28.9 Å². The Kier molecular flexibility index (Phi) is 4.50. The molecule has 102 valence electrons. The highest BCUT2D eigenvalue weighted by atomic mass is 35.5. The highest BCUT2D eigenvalue weighted by Gasteiger charge is 2.13. The van der Waals surface area contributed by atoms with Crippen molar-refractivity contribution in [2.45, 2.75) is 26.8 Å². The van der Waals surface area contributed by atoms with Gasteiger partial charge in [-0.1, -0.05) is 29.3 Å². The maximum atomic E-state index is 6.19. The van der Waals surface area contributed by atoms with Crippen LogP contribution in [0.5, 0.6) is 0 Å². The fourth-order valence-electron chi connectivity index (χ4n) is 2.23. The molecular weight excluding hydrogens is 281 g/mol. The van der Waals surface area contributed by atoms with E-state index in [0.717, 1.165) is 23.4 Å². The van der Waals surface area contributed by atoms with Crippen LogP contribution in [0.3, 0.4) is 0 Å². The minimum atomic E-state index is 0.579. The minimum Gasteiger partial charge on any atom is -0.330 e. The third kappa shape index (κ3) is 2.94. The van der Waals surface area contributed by atoms with Crippen LogP contribution in [0.2, 0.25) is 10.0 Å². The van der Waals surface area contributed by atoms with Gasteiger partial charge in [-0.25, -0.2) is 0 Å². The molecule has 0 saturated carbocycles. The molecule has 0 saturated heterocycles. The zero-order valence-electron chi connectivity index (χ0n) is 11.1. The quantitative estimate of drug-likeness (QED) is 0.940. The van der Waals surface area contributed by atoms with Gasteiger partial charge in [-0.3, -0.25) is 4.68 Å². The SMILES string of the molecule is Cc1nn(Cc2c(Cl)cccc2Cl)c(C)c1CCN. The van der Waals surface area contributed by atoms with E-state index in [-0.39, 0.29) is 0 Å². The molecule has 0 fully saturated rings. The Morgan fingerprint density at radius 2 is 1.79 bits per heavy atom. The molecule has 0 amide bonds. The van der Waals surface area contributed by atoms with E-state index in [1.165, 1.54) is 5.56 Å². The summed E-state index contributed by atoms with van der Waals surface area (Å²) in [5.41, 5.74) is 9.89. The van der Waals surface area contributed by atoms with E-state index in [2.05, 4.69) is 12.0 Å². The molecule has 3 nitrogen and oxygen atoms in total. The van der Waals surface area contributed by atoms with Crippen molar-refractivity contribution in [3.05, 3.63) is 50.8 Å². The number of nitrogens with two attached hydrogens (primary N) is 1. The van der Waals surface area contributed by atoms with Gasteiger partial charge in [-0.2, -0.15) is 5.10 Å². The van der Waals surface area contributed by atoms with Crippen molar-refractivity contribution in [2.75, 3.05) is 6.54 Å². The van der Waals surface area contributed by atoms with Crippen LogP contribution < -0.4 is 5.73 Å². The van der Waals surface area contributed by atoms with Crippen molar-refractivity contribution < 1.29 is 0 Å². The maximum Gasteiger partial charge on any atom is 0.0691 e. The Labute approximate surface area is 123 Å². The summed E-state index contributed by atoms with van der Waals surface area (Å²) in [6.45, 7) is 5.26. The molecule has 0 radical (unpaired) electrons. The smallest absolute Gasteiger partial charge is 0.0691 e. The number of benzene rings is 1. The lowest BCUT2D eigenvalue weighted by Gasteiger charge is -2.09. The van der Waals surface area contributed by atoms with Crippen molar-refractivity contribution in [3.63, 3.8) is 0 Å². The zero-order valence-corrected chi connectivity index (χ0v) is 12.6. The highest BCUT2D eigenvalue weighted by molar-refractivity contribution is 6.35. The van der Waals surface area contributed by atoms with Crippen LogP contribution in [0, 0.1) is 13.8 Å². The van der Waals surface area contributed by atoms with E-state index < -0.39 is 0 Å². The highest BCUT2D eigenvalue weighted by Crippen LogP contribution is 2.26. The molecular formula is C14H17Cl2N3. The lowest BCUT2D eigenvalue weighted by atomic mass is 10.1. The van der Waals surface area contributed by atoms with Crippen LogP contribution in [0.25, 0.3) is 0 Å². The molecule has 1 aromatic carbocycles. The van der Waals surface area contributed by atoms with Crippen molar-refractivity contribution in [2.24, 2.45) is 5.73 Å². The summed E-state index contributed by atoms with van der Waals surface area (Å²) < 4.78 is 1.94. The monoisotopic (exact) mass is 297 g/mol. The van der Waals surface area contributed by atoms with Gasteiger partial charge in [0.2, 0.25) is 0 Å². The lowest BCUT2D eigenvalue weighted by Crippen LogP contribution is -2.07. The topological polar surface area (TPSA) is 43.8 Å². The number of aromatic nitrogens is 2. The summed E-state index contributed by atoms with van der Waals surface area (Å²) >= 11 is 12.4. The van der Waals surface area contributed by atoms with Crippen LogP contribution in [0.4, 0.5) is 0 Å². The summed E-state index contributed by atoms with van der Waals surface area (Å²) in [5, 5.41) is 5.88. The van der Waals surface area contributed by atoms with Crippen molar-refractivity contribution in [1.29, 1.82) is 0 Å². The number of nitrogens with zero attached hydrogens (tertiary/aromatic N) is 2. The van der Waals surface area contributed by atoms with E-state index in [0.29, 0.717) is 23.1 Å². The largest absolute Gasteiger partial charge is 0.330 e. The Hall–Kier alpha value is -1.03. The first-order valence-corrected chi connectivity index (χ1v) is 6.96. The molecule has 0 aliphatic carbocycles. The summed E-state index contributed by atoms with van der Waals surface area (Å²) in [7, 11) is 0. The molecule has 0 atom stereocenters. The third-order valence-electron chi connectivity index (χ3n) is 3.30. The van der Waals surface area contributed by atoms with Crippen molar-refractivity contribution in [3.8, 4) is 0 Å². The van der Waals surface area contributed by atoms with Crippen LogP contribution in [0.15, 0.2) is 18.2 Å². The van der Waals surface area contributed by atoms with Crippen LogP contribution in [-0.2, 0) is 13.0 Å². The second-order valence-electron chi connectivity index (χ2n) is 4.55. The van der Waals surface area contributed by atoms with Gasteiger partial charge in [0.05, 0.1) is 12.2 Å². The number of hydrogen-bond donors (Lipinski definition) is 1. The molecule has 2 aromatic rings. The molecule has 19 heavy (non-hydrogen) atoms. The van der Waals surface area contributed by atoms with Gasteiger partial charge < -0.3 is 5.73 Å². The predicted octanol–water partition coefficient (Wildman–Crippen LogP) is 3.36. The average molecular weight is 298 g/mol. The molecule has 0 spiro atoms. The van der Waals surface area contributed by atoms with Crippen molar-refractivity contribution in [1.82, 2.24) is 9.78 Å². The maximum absolute atomic E-state index is 6.19. The van der Waals surface area contributed by atoms with E-state index in [1.54, 1.807) is 0 Å². The van der Waals surface area contributed by atoms with Crippen LogP contribution in [-0.4, -0.2) is 16.3 Å². The predicted molar refractivity (Wildman–Crippen MR) is 80.0 cm³/mol. The lowest BCUT2D eigenvalue weighted by molar-refractivity contribution is 0.658. The fourth-order valence-corrected chi connectivity index (χ4v) is 2.74. The molecule has 2 N–H and O–H groups in total.